The van der Waals surface area contributed by atoms with Crippen LogP contribution in [0.4, 0.5) is 0 Å². The van der Waals surface area contributed by atoms with Crippen molar-refractivity contribution in [2.75, 3.05) is 25.4 Å². The zero-order valence-electron chi connectivity index (χ0n) is 14.5. The minimum absolute atomic E-state index is 0.0905. The van der Waals surface area contributed by atoms with Crippen molar-refractivity contribution >= 4 is 29.0 Å². The number of benzene rings is 1. The number of rotatable bonds is 7. The summed E-state index contributed by atoms with van der Waals surface area (Å²) in [5.41, 5.74) is 1.37. The SMILES string of the molecule is Cc1nnc(SCC(=O)N[C@@H]2CCCN(CCc3ccccc3)C2)s1. The van der Waals surface area contributed by atoms with Crippen molar-refractivity contribution in [1.29, 1.82) is 0 Å². The predicted octanol–water partition coefficient (Wildman–Crippen LogP) is 2.76. The Balaban J connectivity index is 1.39. The van der Waals surface area contributed by atoms with Crippen LogP contribution in [0.5, 0.6) is 0 Å². The summed E-state index contributed by atoms with van der Waals surface area (Å²) < 4.78 is 0.862. The van der Waals surface area contributed by atoms with E-state index >= 15 is 0 Å². The van der Waals surface area contributed by atoms with Crippen molar-refractivity contribution in [3.63, 3.8) is 0 Å². The van der Waals surface area contributed by atoms with E-state index in [1.165, 1.54) is 28.7 Å². The van der Waals surface area contributed by atoms with E-state index in [1.54, 1.807) is 0 Å². The van der Waals surface area contributed by atoms with Crippen molar-refractivity contribution < 1.29 is 4.79 Å². The number of hydrogen-bond acceptors (Lipinski definition) is 6. The topological polar surface area (TPSA) is 58.1 Å². The first-order valence-corrected chi connectivity index (χ1v) is 10.5. The Morgan fingerprint density at radius 1 is 1.36 bits per heavy atom. The summed E-state index contributed by atoms with van der Waals surface area (Å²) in [6.07, 6.45) is 3.27. The maximum atomic E-state index is 12.2. The Morgan fingerprint density at radius 2 is 2.20 bits per heavy atom. The van der Waals surface area contributed by atoms with E-state index < -0.39 is 0 Å². The van der Waals surface area contributed by atoms with Gasteiger partial charge in [-0.2, -0.15) is 0 Å². The Labute approximate surface area is 157 Å². The van der Waals surface area contributed by atoms with E-state index in [1.807, 2.05) is 6.92 Å². The van der Waals surface area contributed by atoms with Gasteiger partial charge in [0.05, 0.1) is 5.75 Å². The van der Waals surface area contributed by atoms with E-state index in [0.717, 1.165) is 48.2 Å². The molecule has 0 spiro atoms. The van der Waals surface area contributed by atoms with Crippen LogP contribution < -0.4 is 5.32 Å². The molecule has 1 fully saturated rings. The quantitative estimate of drug-likeness (QED) is 0.753. The van der Waals surface area contributed by atoms with Crippen molar-refractivity contribution in [3.8, 4) is 0 Å². The molecule has 1 aliphatic rings. The summed E-state index contributed by atoms with van der Waals surface area (Å²) >= 11 is 3.00. The van der Waals surface area contributed by atoms with Gasteiger partial charge in [-0.05, 0) is 38.3 Å². The zero-order valence-corrected chi connectivity index (χ0v) is 16.1. The van der Waals surface area contributed by atoms with Crippen molar-refractivity contribution in [2.24, 2.45) is 0 Å². The van der Waals surface area contributed by atoms with Crippen molar-refractivity contribution in [3.05, 3.63) is 40.9 Å². The molecule has 1 atom stereocenters. The van der Waals surface area contributed by atoms with Crippen LogP contribution in [-0.2, 0) is 11.2 Å². The third-order valence-electron chi connectivity index (χ3n) is 4.26. The molecule has 25 heavy (non-hydrogen) atoms. The van der Waals surface area contributed by atoms with Crippen LogP contribution in [-0.4, -0.2) is 52.4 Å². The molecule has 0 bridgehead atoms. The van der Waals surface area contributed by atoms with Crippen LogP contribution >= 0.6 is 23.1 Å². The maximum absolute atomic E-state index is 12.2. The highest BCUT2D eigenvalue weighted by molar-refractivity contribution is 8.01. The predicted molar refractivity (Wildman–Crippen MR) is 103 cm³/mol. The van der Waals surface area contributed by atoms with E-state index in [9.17, 15) is 4.79 Å². The van der Waals surface area contributed by atoms with Crippen molar-refractivity contribution in [1.82, 2.24) is 20.4 Å². The largest absolute Gasteiger partial charge is 0.351 e. The molecule has 0 radical (unpaired) electrons. The number of aryl methyl sites for hydroxylation is 1. The van der Waals surface area contributed by atoms with Gasteiger partial charge in [0.25, 0.3) is 0 Å². The highest BCUT2D eigenvalue weighted by atomic mass is 32.2. The van der Waals surface area contributed by atoms with Crippen LogP contribution in [0.1, 0.15) is 23.4 Å². The van der Waals surface area contributed by atoms with Crippen LogP contribution in [0.2, 0.25) is 0 Å². The van der Waals surface area contributed by atoms with E-state index in [4.69, 9.17) is 0 Å². The number of piperidine rings is 1. The molecule has 0 aliphatic carbocycles. The first-order valence-electron chi connectivity index (χ1n) is 8.67. The summed E-state index contributed by atoms with van der Waals surface area (Å²) in [6.45, 7) is 5.04. The number of aromatic nitrogens is 2. The second kappa shape index (κ2) is 9.31. The van der Waals surface area contributed by atoms with Gasteiger partial charge < -0.3 is 10.2 Å². The molecular weight excluding hydrogens is 352 g/mol. The molecule has 1 amide bonds. The van der Waals surface area contributed by atoms with Crippen LogP contribution in [0.15, 0.2) is 34.7 Å². The summed E-state index contributed by atoms with van der Waals surface area (Å²) in [7, 11) is 0. The summed E-state index contributed by atoms with van der Waals surface area (Å²) in [6, 6.07) is 10.8. The fourth-order valence-electron chi connectivity index (χ4n) is 3.04. The molecule has 2 heterocycles. The summed E-state index contributed by atoms with van der Waals surface area (Å²) in [5, 5.41) is 12.1. The molecule has 1 aliphatic heterocycles. The Bertz CT molecular complexity index is 677. The average Bonchev–Trinajstić information content (AvgIpc) is 3.05. The molecule has 5 nitrogen and oxygen atoms in total. The molecule has 1 aromatic carbocycles. The first kappa shape index (κ1) is 18.4. The molecule has 0 saturated carbocycles. The Kier molecular flexibility index (Phi) is 6.84. The van der Waals surface area contributed by atoms with Crippen LogP contribution in [0.25, 0.3) is 0 Å². The average molecular weight is 377 g/mol. The van der Waals surface area contributed by atoms with Crippen LogP contribution in [0.3, 0.4) is 0 Å². The number of amides is 1. The molecule has 1 aromatic heterocycles. The number of thioether (sulfide) groups is 1. The lowest BCUT2D eigenvalue weighted by atomic mass is 10.0. The van der Waals surface area contributed by atoms with Crippen LogP contribution in [0, 0.1) is 6.92 Å². The Hall–Kier alpha value is -1.44. The summed E-state index contributed by atoms with van der Waals surface area (Å²) in [5.74, 6) is 0.502. The van der Waals surface area contributed by atoms with Gasteiger partial charge in [0, 0.05) is 19.1 Å². The molecule has 3 rings (SSSR count). The van der Waals surface area contributed by atoms with Gasteiger partial charge in [-0.3, -0.25) is 4.79 Å². The van der Waals surface area contributed by atoms with Gasteiger partial charge >= 0.3 is 0 Å². The van der Waals surface area contributed by atoms with Gasteiger partial charge in [0.1, 0.15) is 5.01 Å². The van der Waals surface area contributed by atoms with E-state index in [0.29, 0.717) is 5.75 Å². The van der Waals surface area contributed by atoms with Gasteiger partial charge in [-0.25, -0.2) is 0 Å². The number of carbonyl (C=O) groups is 1. The lowest BCUT2D eigenvalue weighted by Gasteiger charge is -2.33. The number of carbonyl (C=O) groups excluding carboxylic acids is 1. The number of hydrogen-bond donors (Lipinski definition) is 1. The lowest BCUT2D eigenvalue weighted by molar-refractivity contribution is -0.119. The highest BCUT2D eigenvalue weighted by Gasteiger charge is 2.21. The smallest absolute Gasteiger partial charge is 0.230 e. The van der Waals surface area contributed by atoms with Crippen molar-refractivity contribution in [2.45, 2.75) is 36.6 Å². The molecule has 0 unspecified atom stereocenters. The second-order valence-electron chi connectivity index (χ2n) is 6.32. The monoisotopic (exact) mass is 376 g/mol. The molecule has 134 valence electrons. The minimum Gasteiger partial charge on any atom is -0.351 e. The third-order valence-corrected chi connectivity index (χ3v) is 6.24. The molecule has 7 heteroatoms. The second-order valence-corrected chi connectivity index (χ2v) is 8.72. The van der Waals surface area contributed by atoms with E-state index in [-0.39, 0.29) is 11.9 Å². The fraction of sp³-hybridized carbons (Fsp3) is 0.500. The Morgan fingerprint density at radius 3 is 2.96 bits per heavy atom. The molecule has 2 aromatic rings. The number of likely N-dealkylation sites (tertiary alicyclic amines) is 1. The van der Waals surface area contributed by atoms with Gasteiger partial charge in [0.2, 0.25) is 5.91 Å². The van der Waals surface area contributed by atoms with E-state index in [2.05, 4.69) is 50.7 Å². The van der Waals surface area contributed by atoms with Gasteiger partial charge in [-0.15, -0.1) is 10.2 Å². The standard InChI is InChI=1S/C18H24N4OS2/c1-14-20-21-18(25-14)24-13-17(23)19-16-8-5-10-22(12-16)11-9-15-6-3-2-4-7-15/h2-4,6-7,16H,5,8-13H2,1H3,(H,19,23)/t16-/m1/s1. The molecule has 1 N–H and O–H groups in total. The normalized spacial score (nSPS) is 18.2. The number of nitrogens with one attached hydrogen (secondary N) is 1. The highest BCUT2D eigenvalue weighted by Crippen LogP contribution is 2.21. The van der Waals surface area contributed by atoms with Gasteiger partial charge in [-0.1, -0.05) is 53.4 Å². The lowest BCUT2D eigenvalue weighted by Crippen LogP contribution is -2.48. The van der Waals surface area contributed by atoms with Gasteiger partial charge in [0.15, 0.2) is 4.34 Å². The zero-order chi connectivity index (χ0) is 17.5. The first-order chi connectivity index (χ1) is 12.2. The third kappa shape index (κ3) is 6.09. The molecular formula is C18H24N4OS2. The fourth-order valence-corrected chi connectivity index (χ4v) is 4.67. The maximum Gasteiger partial charge on any atom is 0.230 e. The number of nitrogens with zero attached hydrogens (tertiary/aromatic N) is 3. The summed E-state index contributed by atoms with van der Waals surface area (Å²) in [4.78, 5) is 14.6. The minimum atomic E-state index is 0.0905. The molecule has 1 saturated heterocycles.